The molecule has 1 aromatic heterocycles. The second-order valence-corrected chi connectivity index (χ2v) is 5.82. The summed E-state index contributed by atoms with van der Waals surface area (Å²) in [7, 11) is 2.18. The molecular formula is C14H17ClN2O5. The predicted molar refractivity (Wildman–Crippen MR) is 78.5 cm³/mol. The summed E-state index contributed by atoms with van der Waals surface area (Å²) in [6.07, 6.45) is 3.37. The van der Waals surface area contributed by atoms with Gasteiger partial charge in [-0.15, -0.1) is 0 Å². The highest BCUT2D eigenvalue weighted by atomic mass is 35.5. The smallest absolute Gasteiger partial charge is 0.414 e. The van der Waals surface area contributed by atoms with E-state index in [2.05, 4.69) is 17.1 Å². The van der Waals surface area contributed by atoms with Crippen molar-refractivity contribution in [2.24, 2.45) is 0 Å². The van der Waals surface area contributed by atoms with Gasteiger partial charge in [-0.1, -0.05) is 16.8 Å². The van der Waals surface area contributed by atoms with Gasteiger partial charge in [-0.3, -0.25) is 4.90 Å². The summed E-state index contributed by atoms with van der Waals surface area (Å²) in [6, 6.07) is 3.02. The summed E-state index contributed by atoms with van der Waals surface area (Å²) in [4.78, 5) is 20.6. The fourth-order valence-corrected chi connectivity index (χ4v) is 3.31. The number of nitrogens with zero attached hydrogens (tertiary/aromatic N) is 2. The van der Waals surface area contributed by atoms with Gasteiger partial charge in [0.25, 0.3) is 0 Å². The first-order valence-electron chi connectivity index (χ1n) is 6.81. The predicted octanol–water partition coefficient (Wildman–Crippen LogP) is 1.96. The zero-order chi connectivity index (χ0) is 16.4. The molecule has 22 heavy (non-hydrogen) atoms. The normalized spacial score (nSPS) is 24.0. The summed E-state index contributed by atoms with van der Waals surface area (Å²) < 4.78 is 5.15. The van der Waals surface area contributed by atoms with Crippen LogP contribution in [0.1, 0.15) is 30.7 Å². The summed E-state index contributed by atoms with van der Waals surface area (Å²) in [5.41, 5.74) is 2.09. The van der Waals surface area contributed by atoms with Gasteiger partial charge in [-0.2, -0.15) is 0 Å². The van der Waals surface area contributed by atoms with E-state index in [4.69, 9.17) is 35.9 Å². The van der Waals surface area contributed by atoms with Crippen LogP contribution < -0.4 is 0 Å². The lowest BCUT2D eigenvalue weighted by atomic mass is 9.98. The van der Waals surface area contributed by atoms with Gasteiger partial charge in [0.05, 0.1) is 0 Å². The van der Waals surface area contributed by atoms with E-state index < -0.39 is 11.9 Å². The van der Waals surface area contributed by atoms with Crippen LogP contribution in [-0.4, -0.2) is 51.3 Å². The monoisotopic (exact) mass is 328 g/mol. The van der Waals surface area contributed by atoms with Gasteiger partial charge in [-0.05, 0) is 33.2 Å². The highest BCUT2D eigenvalue weighted by Gasteiger charge is 2.39. The molecule has 0 aromatic carbocycles. The Morgan fingerprint density at radius 2 is 2.00 bits per heavy atom. The largest absolute Gasteiger partial charge is 0.473 e. The zero-order valence-corrected chi connectivity index (χ0v) is 13.0. The molecule has 3 rings (SSSR count). The highest BCUT2D eigenvalue weighted by molar-refractivity contribution is 6.33. The zero-order valence-electron chi connectivity index (χ0n) is 12.2. The maximum Gasteiger partial charge on any atom is 0.414 e. The van der Waals surface area contributed by atoms with Crippen molar-refractivity contribution in [2.75, 3.05) is 7.05 Å². The van der Waals surface area contributed by atoms with Crippen molar-refractivity contribution in [3.05, 3.63) is 22.6 Å². The number of fused-ring (bicyclic) bond motifs is 2. The third-order valence-corrected chi connectivity index (χ3v) is 4.33. The molecule has 2 unspecified atom stereocenters. The number of carboxylic acids is 2. The van der Waals surface area contributed by atoms with Crippen LogP contribution >= 0.6 is 11.6 Å². The molecule has 8 heteroatoms. The molecule has 0 aliphatic carbocycles. The SMILES string of the molecule is Cc1cc(C2=C(Cl)CC3CCC2N3C)no1.O=C(O)C(=O)O. The fraction of sp³-hybridized carbons (Fsp3) is 0.500. The molecule has 2 N–H and O–H groups in total. The lowest BCUT2D eigenvalue weighted by Gasteiger charge is -2.32. The minimum atomic E-state index is -1.82. The van der Waals surface area contributed by atoms with Gasteiger partial charge in [-0.25, -0.2) is 9.59 Å². The van der Waals surface area contributed by atoms with Crippen LogP contribution in [0.15, 0.2) is 15.6 Å². The van der Waals surface area contributed by atoms with Crippen LogP contribution in [0.2, 0.25) is 0 Å². The van der Waals surface area contributed by atoms with Gasteiger partial charge < -0.3 is 14.7 Å². The second kappa shape index (κ2) is 6.50. The molecule has 0 amide bonds. The molecule has 2 bridgehead atoms. The van der Waals surface area contributed by atoms with E-state index in [0.29, 0.717) is 12.1 Å². The quantitative estimate of drug-likeness (QED) is 0.759. The van der Waals surface area contributed by atoms with Crippen molar-refractivity contribution < 1.29 is 24.3 Å². The van der Waals surface area contributed by atoms with Crippen molar-refractivity contribution in [2.45, 2.75) is 38.3 Å². The van der Waals surface area contributed by atoms with Gasteiger partial charge in [0.1, 0.15) is 11.5 Å². The standard InChI is InChI=1S/C12H15ClN2O.C2H2O4/c1-7-5-10(14-16-7)12-9(13)6-8-3-4-11(12)15(8)2;3-1(4)2(5)6/h5,8,11H,3-4,6H2,1-2H3;(H,3,4)(H,5,6). The summed E-state index contributed by atoms with van der Waals surface area (Å²) in [5, 5.41) is 19.9. The number of aliphatic carboxylic acids is 2. The topological polar surface area (TPSA) is 104 Å². The van der Waals surface area contributed by atoms with Gasteiger partial charge in [0, 0.05) is 28.8 Å². The first-order valence-corrected chi connectivity index (χ1v) is 7.19. The maximum atomic E-state index is 9.10. The van der Waals surface area contributed by atoms with E-state index in [1.54, 1.807) is 0 Å². The van der Waals surface area contributed by atoms with E-state index in [-0.39, 0.29) is 0 Å². The van der Waals surface area contributed by atoms with Crippen LogP contribution in [0.25, 0.3) is 5.57 Å². The molecule has 0 spiro atoms. The first kappa shape index (κ1) is 16.5. The van der Waals surface area contributed by atoms with Crippen molar-refractivity contribution in [1.82, 2.24) is 10.1 Å². The number of aryl methyl sites for hydroxylation is 1. The van der Waals surface area contributed by atoms with Crippen LogP contribution in [-0.2, 0) is 9.59 Å². The van der Waals surface area contributed by atoms with Crippen molar-refractivity contribution in [3.8, 4) is 0 Å². The number of hydrogen-bond acceptors (Lipinski definition) is 5. The Kier molecular flexibility index (Phi) is 4.87. The van der Waals surface area contributed by atoms with Crippen LogP contribution in [0.4, 0.5) is 0 Å². The van der Waals surface area contributed by atoms with E-state index in [0.717, 1.165) is 22.9 Å². The van der Waals surface area contributed by atoms with Gasteiger partial charge >= 0.3 is 11.9 Å². The third kappa shape index (κ3) is 3.31. The number of hydrogen-bond donors (Lipinski definition) is 2. The Bertz CT molecular complexity index is 613. The fourth-order valence-electron chi connectivity index (χ4n) is 2.91. The molecule has 0 saturated carbocycles. The number of carboxylic acid groups (broad SMARTS) is 2. The van der Waals surface area contributed by atoms with E-state index in [1.807, 2.05) is 13.0 Å². The van der Waals surface area contributed by atoms with Gasteiger partial charge in [0.2, 0.25) is 0 Å². The molecule has 1 saturated heterocycles. The van der Waals surface area contributed by atoms with Gasteiger partial charge in [0.15, 0.2) is 0 Å². The maximum absolute atomic E-state index is 9.10. The van der Waals surface area contributed by atoms with E-state index >= 15 is 0 Å². The van der Waals surface area contributed by atoms with E-state index in [1.165, 1.54) is 18.4 Å². The molecule has 7 nitrogen and oxygen atoms in total. The number of halogens is 1. The summed E-state index contributed by atoms with van der Waals surface area (Å²) in [6.45, 7) is 1.91. The van der Waals surface area contributed by atoms with Crippen molar-refractivity contribution >= 4 is 29.1 Å². The third-order valence-electron chi connectivity index (χ3n) is 3.97. The molecular weight excluding hydrogens is 312 g/mol. The number of likely N-dealkylation sites (N-methyl/N-ethyl adjacent to an activating group) is 1. The first-order chi connectivity index (χ1) is 10.3. The molecule has 3 heterocycles. The lowest BCUT2D eigenvalue weighted by molar-refractivity contribution is -0.159. The summed E-state index contributed by atoms with van der Waals surface area (Å²) >= 11 is 6.39. The Morgan fingerprint density at radius 3 is 2.50 bits per heavy atom. The molecule has 120 valence electrons. The Morgan fingerprint density at radius 1 is 1.36 bits per heavy atom. The lowest BCUT2D eigenvalue weighted by Crippen LogP contribution is -2.36. The van der Waals surface area contributed by atoms with Crippen LogP contribution in [0.5, 0.6) is 0 Å². The average molecular weight is 329 g/mol. The Labute approximate surface area is 132 Å². The minimum Gasteiger partial charge on any atom is -0.473 e. The number of carbonyl (C=O) groups is 2. The number of aromatic nitrogens is 1. The van der Waals surface area contributed by atoms with Crippen molar-refractivity contribution in [1.29, 1.82) is 0 Å². The average Bonchev–Trinajstić information content (AvgIpc) is 2.95. The molecule has 1 aromatic rings. The molecule has 1 fully saturated rings. The van der Waals surface area contributed by atoms with E-state index in [9.17, 15) is 0 Å². The second-order valence-electron chi connectivity index (χ2n) is 5.37. The van der Waals surface area contributed by atoms with Crippen molar-refractivity contribution in [3.63, 3.8) is 0 Å². The molecule has 2 aliphatic rings. The molecule has 0 radical (unpaired) electrons. The highest BCUT2D eigenvalue weighted by Crippen LogP contribution is 2.43. The van der Waals surface area contributed by atoms with Crippen LogP contribution in [0, 0.1) is 6.92 Å². The van der Waals surface area contributed by atoms with Crippen LogP contribution in [0.3, 0.4) is 0 Å². The molecule has 2 atom stereocenters. The Balaban J connectivity index is 0.000000254. The summed E-state index contributed by atoms with van der Waals surface area (Å²) in [5.74, 6) is -2.81. The minimum absolute atomic E-state index is 0.427. The Hall–Kier alpha value is -1.86. The molecule has 2 aliphatic heterocycles. The number of rotatable bonds is 1.